The number of hydrogen-bond acceptors (Lipinski definition) is 2. The van der Waals surface area contributed by atoms with Gasteiger partial charge in [-0.1, -0.05) is 25.0 Å². The van der Waals surface area contributed by atoms with Crippen molar-refractivity contribution in [3.05, 3.63) is 11.6 Å². The van der Waals surface area contributed by atoms with E-state index in [1.54, 1.807) is 0 Å². The van der Waals surface area contributed by atoms with E-state index in [0.717, 1.165) is 11.8 Å². The molecular weight excluding hydrogens is 224 g/mol. The molecule has 1 fully saturated rings. The quantitative estimate of drug-likeness (QED) is 0.560. The van der Waals surface area contributed by atoms with Crippen LogP contribution in [-0.2, 0) is 9.53 Å². The summed E-state index contributed by atoms with van der Waals surface area (Å²) in [6, 6.07) is 0. The third-order valence-corrected chi connectivity index (χ3v) is 4.85. The van der Waals surface area contributed by atoms with Gasteiger partial charge in [0.2, 0.25) is 0 Å². The SMILES string of the molecule is CCOC(=O)C[C@H]1CC[C@H](C)[C@H]2CCC(C)=C[C@@H]12. The van der Waals surface area contributed by atoms with Crippen molar-refractivity contribution in [3.63, 3.8) is 0 Å². The molecular formula is C16H26O2. The smallest absolute Gasteiger partial charge is 0.306 e. The van der Waals surface area contributed by atoms with Crippen LogP contribution >= 0.6 is 0 Å². The third kappa shape index (κ3) is 2.96. The Morgan fingerprint density at radius 1 is 1.39 bits per heavy atom. The van der Waals surface area contributed by atoms with Crippen LogP contribution < -0.4 is 0 Å². The number of carbonyl (C=O) groups excluding carboxylic acids is 1. The normalized spacial score (nSPS) is 35.6. The molecule has 0 radical (unpaired) electrons. The van der Waals surface area contributed by atoms with Crippen LogP contribution in [0.2, 0.25) is 0 Å². The Kier molecular flexibility index (Phi) is 4.47. The van der Waals surface area contributed by atoms with Gasteiger partial charge in [-0.2, -0.15) is 0 Å². The second kappa shape index (κ2) is 5.90. The highest BCUT2D eigenvalue weighted by atomic mass is 16.5. The molecule has 2 aliphatic carbocycles. The zero-order valence-electron chi connectivity index (χ0n) is 11.9. The van der Waals surface area contributed by atoms with E-state index in [2.05, 4.69) is 19.9 Å². The van der Waals surface area contributed by atoms with Gasteiger partial charge in [0.25, 0.3) is 0 Å². The zero-order valence-corrected chi connectivity index (χ0v) is 11.9. The van der Waals surface area contributed by atoms with Crippen LogP contribution in [-0.4, -0.2) is 12.6 Å². The first-order valence-electron chi connectivity index (χ1n) is 7.44. The van der Waals surface area contributed by atoms with E-state index < -0.39 is 0 Å². The molecule has 0 heterocycles. The van der Waals surface area contributed by atoms with E-state index in [9.17, 15) is 4.79 Å². The molecule has 1 saturated carbocycles. The molecule has 2 aliphatic rings. The molecule has 0 N–H and O–H groups in total. The second-order valence-corrected chi connectivity index (χ2v) is 6.12. The summed E-state index contributed by atoms with van der Waals surface area (Å²) in [5.41, 5.74) is 1.51. The molecule has 0 aromatic rings. The molecule has 0 unspecified atom stereocenters. The summed E-state index contributed by atoms with van der Waals surface area (Å²) in [5.74, 6) is 2.74. The van der Waals surface area contributed by atoms with Gasteiger partial charge in [-0.15, -0.1) is 0 Å². The third-order valence-electron chi connectivity index (χ3n) is 4.85. The van der Waals surface area contributed by atoms with Gasteiger partial charge >= 0.3 is 5.97 Å². The number of hydrogen-bond donors (Lipinski definition) is 0. The predicted octanol–water partition coefficient (Wildman–Crippen LogP) is 3.96. The summed E-state index contributed by atoms with van der Waals surface area (Å²) in [7, 11) is 0. The Labute approximate surface area is 111 Å². The first-order chi connectivity index (χ1) is 8.61. The van der Waals surface area contributed by atoms with Crippen LogP contribution in [0.15, 0.2) is 11.6 Å². The Morgan fingerprint density at radius 3 is 2.89 bits per heavy atom. The van der Waals surface area contributed by atoms with E-state index in [-0.39, 0.29) is 5.97 Å². The molecule has 0 spiro atoms. The summed E-state index contributed by atoms with van der Waals surface area (Å²) >= 11 is 0. The topological polar surface area (TPSA) is 26.3 Å². The highest BCUT2D eigenvalue weighted by Crippen LogP contribution is 2.46. The Hall–Kier alpha value is -0.790. The Bertz CT molecular complexity index is 332. The zero-order chi connectivity index (χ0) is 13.1. The van der Waals surface area contributed by atoms with E-state index >= 15 is 0 Å². The van der Waals surface area contributed by atoms with Gasteiger partial charge in [0.15, 0.2) is 0 Å². The molecule has 2 rings (SSSR count). The first-order valence-corrected chi connectivity index (χ1v) is 7.44. The minimum absolute atomic E-state index is 0.00701. The lowest BCUT2D eigenvalue weighted by Gasteiger charge is -2.43. The van der Waals surface area contributed by atoms with Crippen LogP contribution in [0.25, 0.3) is 0 Å². The maximum Gasteiger partial charge on any atom is 0.306 e. The van der Waals surface area contributed by atoms with Crippen LogP contribution in [0.1, 0.15) is 52.9 Å². The number of esters is 1. The molecule has 4 atom stereocenters. The monoisotopic (exact) mass is 250 g/mol. The molecule has 0 amide bonds. The number of fused-ring (bicyclic) bond motifs is 1. The fourth-order valence-corrected chi connectivity index (χ4v) is 3.83. The highest BCUT2D eigenvalue weighted by molar-refractivity contribution is 5.69. The predicted molar refractivity (Wildman–Crippen MR) is 73.1 cm³/mol. The minimum Gasteiger partial charge on any atom is -0.466 e. The number of rotatable bonds is 3. The van der Waals surface area contributed by atoms with Gasteiger partial charge in [0, 0.05) is 6.42 Å². The fourth-order valence-electron chi connectivity index (χ4n) is 3.83. The largest absolute Gasteiger partial charge is 0.466 e. The van der Waals surface area contributed by atoms with E-state index in [1.165, 1.54) is 31.3 Å². The highest BCUT2D eigenvalue weighted by Gasteiger charge is 2.38. The van der Waals surface area contributed by atoms with Crippen LogP contribution in [0.5, 0.6) is 0 Å². The summed E-state index contributed by atoms with van der Waals surface area (Å²) < 4.78 is 5.12. The van der Waals surface area contributed by atoms with Crippen molar-refractivity contribution >= 4 is 5.97 Å². The van der Waals surface area contributed by atoms with Crippen molar-refractivity contribution < 1.29 is 9.53 Å². The van der Waals surface area contributed by atoms with E-state index in [0.29, 0.717) is 24.9 Å². The van der Waals surface area contributed by atoms with Gasteiger partial charge in [-0.25, -0.2) is 0 Å². The molecule has 0 aromatic carbocycles. The van der Waals surface area contributed by atoms with Crippen molar-refractivity contribution in [2.45, 2.75) is 52.9 Å². The Balaban J connectivity index is 2.06. The molecule has 2 heteroatoms. The molecule has 18 heavy (non-hydrogen) atoms. The van der Waals surface area contributed by atoms with Crippen molar-refractivity contribution in [2.75, 3.05) is 6.61 Å². The number of ether oxygens (including phenoxy) is 1. The second-order valence-electron chi connectivity index (χ2n) is 6.12. The van der Waals surface area contributed by atoms with E-state index in [4.69, 9.17) is 4.74 Å². The van der Waals surface area contributed by atoms with Crippen LogP contribution in [0.4, 0.5) is 0 Å². The summed E-state index contributed by atoms with van der Waals surface area (Å²) in [6.07, 6.45) is 8.09. The van der Waals surface area contributed by atoms with Gasteiger partial charge in [-0.05, 0) is 56.8 Å². The lowest BCUT2D eigenvalue weighted by Crippen LogP contribution is -2.35. The molecule has 0 aromatic heterocycles. The van der Waals surface area contributed by atoms with Gasteiger partial charge < -0.3 is 4.74 Å². The van der Waals surface area contributed by atoms with Crippen molar-refractivity contribution in [3.8, 4) is 0 Å². The van der Waals surface area contributed by atoms with Gasteiger partial charge in [0.1, 0.15) is 0 Å². The standard InChI is InChI=1S/C16H26O2/c1-4-18-16(17)10-13-7-6-12(3)14-8-5-11(2)9-15(13)14/h9,12-15H,4-8,10H2,1-3H3/t12-,13+,14+,15-/m0/s1. The van der Waals surface area contributed by atoms with Crippen LogP contribution in [0.3, 0.4) is 0 Å². The summed E-state index contributed by atoms with van der Waals surface area (Å²) in [6.45, 7) is 7.00. The molecule has 0 aliphatic heterocycles. The lowest BCUT2D eigenvalue weighted by atomic mass is 9.62. The first kappa shape index (κ1) is 13.6. The van der Waals surface area contributed by atoms with Gasteiger partial charge in [-0.3, -0.25) is 4.79 Å². The average molecular weight is 250 g/mol. The maximum absolute atomic E-state index is 11.7. The molecule has 0 saturated heterocycles. The number of carbonyl (C=O) groups is 1. The van der Waals surface area contributed by atoms with Crippen molar-refractivity contribution in [1.82, 2.24) is 0 Å². The fraction of sp³-hybridized carbons (Fsp3) is 0.812. The summed E-state index contributed by atoms with van der Waals surface area (Å²) in [5, 5.41) is 0. The van der Waals surface area contributed by atoms with Gasteiger partial charge in [0.05, 0.1) is 6.61 Å². The maximum atomic E-state index is 11.7. The van der Waals surface area contributed by atoms with Crippen molar-refractivity contribution in [2.24, 2.45) is 23.7 Å². The van der Waals surface area contributed by atoms with Crippen LogP contribution in [0, 0.1) is 23.7 Å². The molecule has 2 nitrogen and oxygen atoms in total. The Morgan fingerprint density at radius 2 is 2.17 bits per heavy atom. The number of allylic oxidation sites excluding steroid dienone is 2. The lowest BCUT2D eigenvalue weighted by molar-refractivity contribution is -0.145. The minimum atomic E-state index is -0.00701. The van der Waals surface area contributed by atoms with Crippen molar-refractivity contribution in [1.29, 1.82) is 0 Å². The molecule has 0 bridgehead atoms. The van der Waals surface area contributed by atoms with E-state index in [1.807, 2.05) is 6.92 Å². The summed E-state index contributed by atoms with van der Waals surface area (Å²) in [4.78, 5) is 11.7. The molecule has 102 valence electrons. The average Bonchev–Trinajstić information content (AvgIpc) is 2.33.